The molecule has 0 fully saturated rings. The fraction of sp³-hybridized carbons (Fsp3) is 0.571. The standard InChI is InChI=1S/C7H13N7O/c1-9-3-2-5(8)6(15)4-10-7-11-13-14-12-7/h3,5H,2,4,8H2,1H3,(H2,10,11,12,13,14). The lowest BCUT2D eigenvalue weighted by Gasteiger charge is -2.06. The number of aromatic amines is 1. The Morgan fingerprint density at radius 1 is 1.80 bits per heavy atom. The summed E-state index contributed by atoms with van der Waals surface area (Å²) >= 11 is 0. The Labute approximate surface area is 86.3 Å². The normalized spacial score (nSPS) is 12.9. The largest absolute Gasteiger partial charge is 0.344 e. The third kappa shape index (κ3) is 3.81. The van der Waals surface area contributed by atoms with E-state index in [1.165, 1.54) is 0 Å². The molecule has 1 unspecified atom stereocenters. The molecule has 4 N–H and O–H groups in total. The van der Waals surface area contributed by atoms with E-state index in [4.69, 9.17) is 5.73 Å². The van der Waals surface area contributed by atoms with E-state index in [1.807, 2.05) is 0 Å². The van der Waals surface area contributed by atoms with Crippen LogP contribution in [0, 0.1) is 0 Å². The summed E-state index contributed by atoms with van der Waals surface area (Å²) in [4.78, 5) is 15.2. The molecule has 0 aliphatic heterocycles. The smallest absolute Gasteiger partial charge is 0.263 e. The number of aromatic nitrogens is 4. The fourth-order valence-corrected chi connectivity index (χ4v) is 0.884. The van der Waals surface area contributed by atoms with Crippen molar-refractivity contribution in [3.63, 3.8) is 0 Å². The number of H-pyrrole nitrogens is 1. The van der Waals surface area contributed by atoms with Crippen LogP contribution >= 0.6 is 0 Å². The second-order valence-corrected chi connectivity index (χ2v) is 2.84. The highest BCUT2D eigenvalue weighted by atomic mass is 16.1. The van der Waals surface area contributed by atoms with Gasteiger partial charge in [0.15, 0.2) is 5.78 Å². The first kappa shape index (κ1) is 11.2. The van der Waals surface area contributed by atoms with E-state index in [9.17, 15) is 4.79 Å². The van der Waals surface area contributed by atoms with Crippen LogP contribution in [-0.2, 0) is 4.79 Å². The van der Waals surface area contributed by atoms with E-state index in [1.54, 1.807) is 13.3 Å². The minimum Gasteiger partial charge on any atom is -0.344 e. The van der Waals surface area contributed by atoms with Crippen LogP contribution in [0.1, 0.15) is 6.42 Å². The fourth-order valence-electron chi connectivity index (χ4n) is 0.884. The Morgan fingerprint density at radius 2 is 2.60 bits per heavy atom. The minimum atomic E-state index is -0.548. The first-order valence-electron chi connectivity index (χ1n) is 4.40. The zero-order valence-electron chi connectivity index (χ0n) is 8.34. The number of Topliss-reactive ketones (excluding diaryl/α,β-unsaturated/α-hetero) is 1. The van der Waals surface area contributed by atoms with Gasteiger partial charge < -0.3 is 16.0 Å². The van der Waals surface area contributed by atoms with E-state index in [0.29, 0.717) is 6.42 Å². The number of carbonyl (C=O) groups is 1. The zero-order valence-corrected chi connectivity index (χ0v) is 8.34. The second kappa shape index (κ2) is 5.81. The summed E-state index contributed by atoms with van der Waals surface area (Å²) < 4.78 is 0. The molecule has 8 heteroatoms. The number of nitrogens with two attached hydrogens (primary N) is 1. The Kier molecular flexibility index (Phi) is 4.35. The van der Waals surface area contributed by atoms with Crippen molar-refractivity contribution in [2.24, 2.45) is 10.7 Å². The number of nitrogens with zero attached hydrogens (tertiary/aromatic N) is 4. The summed E-state index contributed by atoms with van der Waals surface area (Å²) in [6, 6.07) is -0.548. The lowest BCUT2D eigenvalue weighted by atomic mass is 10.1. The van der Waals surface area contributed by atoms with Gasteiger partial charge in [0.05, 0.1) is 12.6 Å². The van der Waals surface area contributed by atoms with Gasteiger partial charge in [0.2, 0.25) is 0 Å². The van der Waals surface area contributed by atoms with E-state index in [-0.39, 0.29) is 18.3 Å². The van der Waals surface area contributed by atoms with Crippen LogP contribution in [0.5, 0.6) is 0 Å². The number of hydrogen-bond donors (Lipinski definition) is 3. The molecule has 82 valence electrons. The molecule has 0 saturated carbocycles. The topological polar surface area (TPSA) is 122 Å². The number of carbonyl (C=O) groups excluding carboxylic acids is 1. The van der Waals surface area contributed by atoms with Crippen molar-refractivity contribution in [1.29, 1.82) is 0 Å². The third-order valence-electron chi connectivity index (χ3n) is 1.72. The van der Waals surface area contributed by atoms with E-state index in [0.717, 1.165) is 0 Å². The molecule has 15 heavy (non-hydrogen) atoms. The maximum atomic E-state index is 11.4. The number of aliphatic imine (C=N–C) groups is 1. The number of ketones is 1. The molecule has 0 spiro atoms. The maximum absolute atomic E-state index is 11.4. The molecule has 0 aromatic carbocycles. The summed E-state index contributed by atoms with van der Waals surface area (Å²) in [5.74, 6) is 0.152. The van der Waals surface area contributed by atoms with Gasteiger partial charge in [0, 0.05) is 19.7 Å². The molecule has 1 atom stereocenters. The van der Waals surface area contributed by atoms with Crippen LogP contribution in [0.2, 0.25) is 0 Å². The Bertz CT molecular complexity index is 320. The maximum Gasteiger partial charge on any atom is 0.263 e. The SMILES string of the molecule is CN=CCC(N)C(=O)CNc1nn[nH]n1. The Morgan fingerprint density at radius 3 is 3.20 bits per heavy atom. The van der Waals surface area contributed by atoms with Crippen molar-refractivity contribution >= 4 is 17.9 Å². The monoisotopic (exact) mass is 211 g/mol. The predicted octanol–water partition coefficient (Wildman–Crippen LogP) is -1.40. The highest BCUT2D eigenvalue weighted by Gasteiger charge is 2.12. The molecule has 0 amide bonds. The van der Waals surface area contributed by atoms with Gasteiger partial charge in [-0.1, -0.05) is 5.10 Å². The molecule has 1 rings (SSSR count). The molecule has 0 aliphatic rings. The summed E-state index contributed by atoms with van der Waals surface area (Å²) in [7, 11) is 1.63. The van der Waals surface area contributed by atoms with Crippen LogP contribution in [0.15, 0.2) is 4.99 Å². The lowest BCUT2D eigenvalue weighted by Crippen LogP contribution is -2.35. The van der Waals surface area contributed by atoms with Gasteiger partial charge in [0.25, 0.3) is 5.95 Å². The molecular weight excluding hydrogens is 198 g/mol. The van der Waals surface area contributed by atoms with Gasteiger partial charge in [0.1, 0.15) is 0 Å². The second-order valence-electron chi connectivity index (χ2n) is 2.84. The van der Waals surface area contributed by atoms with Gasteiger partial charge >= 0.3 is 0 Å². The first-order chi connectivity index (χ1) is 7.24. The molecule has 0 radical (unpaired) electrons. The quantitative estimate of drug-likeness (QED) is 0.497. The van der Waals surface area contributed by atoms with E-state index in [2.05, 4.69) is 30.9 Å². The number of anilines is 1. The molecule has 8 nitrogen and oxygen atoms in total. The van der Waals surface area contributed by atoms with Gasteiger partial charge in [-0.05, 0) is 5.21 Å². The third-order valence-corrected chi connectivity index (χ3v) is 1.72. The van der Waals surface area contributed by atoms with Crippen LogP contribution in [-0.4, -0.2) is 52.3 Å². The van der Waals surface area contributed by atoms with Gasteiger partial charge in [-0.2, -0.15) is 5.21 Å². The Balaban J connectivity index is 2.29. The van der Waals surface area contributed by atoms with E-state index >= 15 is 0 Å². The highest BCUT2D eigenvalue weighted by molar-refractivity contribution is 5.89. The van der Waals surface area contributed by atoms with Crippen LogP contribution < -0.4 is 11.1 Å². The number of rotatable bonds is 6. The van der Waals surface area contributed by atoms with Gasteiger partial charge in [-0.25, -0.2) is 0 Å². The zero-order chi connectivity index (χ0) is 11.1. The average Bonchev–Trinajstić information content (AvgIpc) is 2.75. The van der Waals surface area contributed by atoms with E-state index < -0.39 is 6.04 Å². The van der Waals surface area contributed by atoms with Crippen molar-refractivity contribution in [2.75, 3.05) is 18.9 Å². The number of tetrazole rings is 1. The molecule has 0 aliphatic carbocycles. The molecule has 1 heterocycles. The lowest BCUT2D eigenvalue weighted by molar-refractivity contribution is -0.118. The van der Waals surface area contributed by atoms with Crippen molar-refractivity contribution in [3.05, 3.63) is 0 Å². The Hall–Kier alpha value is -1.83. The van der Waals surface area contributed by atoms with Crippen molar-refractivity contribution in [1.82, 2.24) is 20.6 Å². The minimum absolute atomic E-state index is 0.0816. The summed E-state index contributed by atoms with van der Waals surface area (Å²) in [6.45, 7) is 0.0816. The molecule has 0 saturated heterocycles. The van der Waals surface area contributed by atoms with Crippen molar-refractivity contribution < 1.29 is 4.79 Å². The number of hydrogen-bond acceptors (Lipinski definition) is 7. The highest BCUT2D eigenvalue weighted by Crippen LogP contribution is 1.92. The number of nitrogens with one attached hydrogen (secondary N) is 2. The molecule has 1 aromatic rings. The van der Waals surface area contributed by atoms with Gasteiger partial charge in [-0.3, -0.25) is 4.79 Å². The molecule has 0 bridgehead atoms. The molecule has 1 aromatic heterocycles. The summed E-state index contributed by atoms with van der Waals surface area (Å²) in [5, 5.41) is 15.5. The average molecular weight is 211 g/mol. The molecular formula is C7H13N7O. The summed E-state index contributed by atoms with van der Waals surface area (Å²) in [6.07, 6.45) is 2.04. The van der Waals surface area contributed by atoms with Crippen LogP contribution in [0.3, 0.4) is 0 Å². The van der Waals surface area contributed by atoms with Crippen LogP contribution in [0.25, 0.3) is 0 Å². The van der Waals surface area contributed by atoms with Crippen molar-refractivity contribution in [3.8, 4) is 0 Å². The summed E-state index contributed by atoms with van der Waals surface area (Å²) in [5.41, 5.74) is 5.60. The van der Waals surface area contributed by atoms with Gasteiger partial charge in [-0.15, -0.1) is 5.10 Å². The predicted molar refractivity (Wildman–Crippen MR) is 54.7 cm³/mol. The first-order valence-corrected chi connectivity index (χ1v) is 4.40. The van der Waals surface area contributed by atoms with Crippen molar-refractivity contribution in [2.45, 2.75) is 12.5 Å². The van der Waals surface area contributed by atoms with Crippen LogP contribution in [0.4, 0.5) is 5.95 Å².